The molecule has 2 rings (SSSR count). The smallest absolute Gasteiger partial charge is 0.143 e. The van der Waals surface area contributed by atoms with Crippen molar-refractivity contribution in [2.24, 2.45) is 0 Å². The topological polar surface area (TPSA) is 19.4 Å². The van der Waals surface area contributed by atoms with Crippen LogP contribution in [0.4, 0.5) is 5.82 Å². The average molecular weight is 312 g/mol. The molecule has 18 heavy (non-hydrogen) atoms. The van der Waals surface area contributed by atoms with Crippen LogP contribution in [-0.4, -0.2) is 42.6 Å². The first-order valence-electron chi connectivity index (χ1n) is 6.69. The molecule has 1 aliphatic heterocycles. The highest BCUT2D eigenvalue weighted by molar-refractivity contribution is 9.10. The first-order chi connectivity index (χ1) is 8.61. The molecule has 0 aliphatic carbocycles. The summed E-state index contributed by atoms with van der Waals surface area (Å²) in [5.41, 5.74) is 1.20. The van der Waals surface area contributed by atoms with E-state index in [1.807, 2.05) is 6.20 Å². The van der Waals surface area contributed by atoms with Crippen LogP contribution in [-0.2, 0) is 0 Å². The fourth-order valence-corrected chi connectivity index (χ4v) is 3.30. The number of aromatic nitrogens is 1. The predicted molar refractivity (Wildman–Crippen MR) is 80.2 cm³/mol. The van der Waals surface area contributed by atoms with Gasteiger partial charge in [-0.15, -0.1) is 0 Å². The fraction of sp³-hybridized carbons (Fsp3) is 0.643. The number of rotatable bonds is 2. The Labute approximate surface area is 118 Å². The Kier molecular flexibility index (Phi) is 4.62. The molecule has 1 aromatic rings. The summed E-state index contributed by atoms with van der Waals surface area (Å²) >= 11 is 3.66. The number of anilines is 1. The first kappa shape index (κ1) is 13.8. The summed E-state index contributed by atoms with van der Waals surface area (Å²) in [7, 11) is 2.21. The van der Waals surface area contributed by atoms with Gasteiger partial charge in [-0.3, -0.25) is 0 Å². The van der Waals surface area contributed by atoms with Gasteiger partial charge in [-0.25, -0.2) is 4.98 Å². The van der Waals surface area contributed by atoms with E-state index in [9.17, 15) is 0 Å². The normalized spacial score (nSPS) is 22.0. The molecule has 1 aromatic heterocycles. The van der Waals surface area contributed by atoms with Gasteiger partial charge in [0.2, 0.25) is 0 Å². The van der Waals surface area contributed by atoms with Gasteiger partial charge in [-0.05, 0) is 60.9 Å². The lowest BCUT2D eigenvalue weighted by Crippen LogP contribution is -2.40. The van der Waals surface area contributed by atoms with Gasteiger partial charge in [0.05, 0.1) is 4.47 Å². The number of aryl methyl sites for hydroxylation is 1. The van der Waals surface area contributed by atoms with Gasteiger partial charge < -0.3 is 9.80 Å². The van der Waals surface area contributed by atoms with Crippen LogP contribution in [0.3, 0.4) is 0 Å². The van der Waals surface area contributed by atoms with Gasteiger partial charge >= 0.3 is 0 Å². The van der Waals surface area contributed by atoms with Crippen LogP contribution in [0.25, 0.3) is 0 Å². The van der Waals surface area contributed by atoms with Crippen LogP contribution in [0.15, 0.2) is 16.7 Å². The van der Waals surface area contributed by atoms with Crippen LogP contribution in [0.1, 0.15) is 25.3 Å². The van der Waals surface area contributed by atoms with Crippen molar-refractivity contribution in [2.75, 3.05) is 31.6 Å². The Bertz CT molecular complexity index is 408. The number of likely N-dealkylation sites (N-methyl/N-ethyl adjacent to an activating group) is 1. The van der Waals surface area contributed by atoms with Gasteiger partial charge in [-0.1, -0.05) is 6.92 Å². The second-order valence-electron chi connectivity index (χ2n) is 5.19. The highest BCUT2D eigenvalue weighted by atomic mass is 79.9. The van der Waals surface area contributed by atoms with E-state index in [2.05, 4.69) is 57.7 Å². The summed E-state index contributed by atoms with van der Waals surface area (Å²) < 4.78 is 1.12. The number of hydrogen-bond donors (Lipinski definition) is 0. The molecule has 0 saturated carbocycles. The highest BCUT2D eigenvalue weighted by Crippen LogP contribution is 2.28. The standard InChI is InChI=1S/C14H22BrN3/c1-4-12-10-17(3)6-5-7-18(12)14-13(15)8-11(2)9-16-14/h8-9,12H,4-7,10H2,1-3H3. The second-order valence-corrected chi connectivity index (χ2v) is 6.04. The lowest BCUT2D eigenvalue weighted by molar-refractivity contribution is 0.327. The summed E-state index contributed by atoms with van der Waals surface area (Å²) in [5.74, 6) is 1.10. The molecular formula is C14H22BrN3. The van der Waals surface area contributed by atoms with E-state index in [1.165, 1.54) is 18.5 Å². The summed E-state index contributed by atoms with van der Waals surface area (Å²) in [4.78, 5) is 9.52. The van der Waals surface area contributed by atoms with Gasteiger partial charge in [0.15, 0.2) is 0 Å². The SMILES string of the molecule is CCC1CN(C)CCCN1c1ncc(C)cc1Br. The van der Waals surface area contributed by atoms with Crippen LogP contribution in [0.5, 0.6) is 0 Å². The first-order valence-corrected chi connectivity index (χ1v) is 7.48. The van der Waals surface area contributed by atoms with Gasteiger partial charge in [0, 0.05) is 25.3 Å². The molecular weight excluding hydrogens is 290 g/mol. The molecule has 0 N–H and O–H groups in total. The van der Waals surface area contributed by atoms with E-state index >= 15 is 0 Å². The third kappa shape index (κ3) is 3.04. The van der Waals surface area contributed by atoms with E-state index in [4.69, 9.17) is 0 Å². The molecule has 0 spiro atoms. The molecule has 0 radical (unpaired) electrons. The van der Waals surface area contributed by atoms with Crippen molar-refractivity contribution in [1.82, 2.24) is 9.88 Å². The lowest BCUT2D eigenvalue weighted by Gasteiger charge is -2.32. The van der Waals surface area contributed by atoms with E-state index in [1.54, 1.807) is 0 Å². The minimum atomic E-state index is 0.559. The molecule has 4 heteroatoms. The second kappa shape index (κ2) is 6.02. The van der Waals surface area contributed by atoms with Gasteiger partial charge in [-0.2, -0.15) is 0 Å². The Morgan fingerprint density at radius 2 is 2.22 bits per heavy atom. The van der Waals surface area contributed by atoms with Crippen molar-refractivity contribution in [2.45, 2.75) is 32.7 Å². The predicted octanol–water partition coefficient (Wildman–Crippen LogP) is 3.07. The van der Waals surface area contributed by atoms with E-state index in [-0.39, 0.29) is 0 Å². The molecule has 100 valence electrons. The summed E-state index contributed by atoms with van der Waals surface area (Å²) in [6.07, 6.45) is 4.32. The lowest BCUT2D eigenvalue weighted by atomic mass is 10.2. The Hall–Kier alpha value is -0.610. The molecule has 1 atom stereocenters. The van der Waals surface area contributed by atoms with Gasteiger partial charge in [0.1, 0.15) is 5.82 Å². The number of hydrogen-bond acceptors (Lipinski definition) is 3. The zero-order valence-electron chi connectivity index (χ0n) is 11.5. The van der Waals surface area contributed by atoms with E-state index in [0.717, 1.165) is 29.8 Å². The van der Waals surface area contributed by atoms with Gasteiger partial charge in [0.25, 0.3) is 0 Å². The van der Waals surface area contributed by atoms with E-state index in [0.29, 0.717) is 6.04 Å². The number of nitrogens with zero attached hydrogens (tertiary/aromatic N) is 3. The van der Waals surface area contributed by atoms with Crippen LogP contribution in [0.2, 0.25) is 0 Å². The van der Waals surface area contributed by atoms with Crippen molar-refractivity contribution in [3.05, 3.63) is 22.3 Å². The molecule has 1 aliphatic rings. The maximum atomic E-state index is 4.63. The van der Waals surface area contributed by atoms with Crippen LogP contribution >= 0.6 is 15.9 Å². The molecule has 2 heterocycles. The summed E-state index contributed by atoms with van der Waals surface area (Å²) in [6.45, 7) is 7.74. The maximum Gasteiger partial charge on any atom is 0.143 e. The van der Waals surface area contributed by atoms with Crippen LogP contribution < -0.4 is 4.90 Å². The maximum absolute atomic E-state index is 4.63. The minimum Gasteiger partial charge on any atom is -0.351 e. The van der Waals surface area contributed by atoms with Crippen molar-refractivity contribution >= 4 is 21.7 Å². The average Bonchev–Trinajstić information content (AvgIpc) is 2.51. The monoisotopic (exact) mass is 311 g/mol. The molecule has 1 fully saturated rings. The van der Waals surface area contributed by atoms with Crippen molar-refractivity contribution in [3.63, 3.8) is 0 Å². The van der Waals surface area contributed by atoms with Crippen molar-refractivity contribution < 1.29 is 0 Å². The molecule has 1 unspecified atom stereocenters. The highest BCUT2D eigenvalue weighted by Gasteiger charge is 2.24. The zero-order chi connectivity index (χ0) is 13.1. The number of halogens is 1. The molecule has 3 nitrogen and oxygen atoms in total. The Morgan fingerprint density at radius 1 is 1.44 bits per heavy atom. The zero-order valence-corrected chi connectivity index (χ0v) is 13.1. The van der Waals surface area contributed by atoms with Crippen molar-refractivity contribution in [3.8, 4) is 0 Å². The largest absolute Gasteiger partial charge is 0.351 e. The fourth-order valence-electron chi connectivity index (χ4n) is 2.61. The quantitative estimate of drug-likeness (QED) is 0.836. The third-order valence-corrected chi connectivity index (χ3v) is 4.19. The molecule has 0 amide bonds. The summed E-state index contributed by atoms with van der Waals surface area (Å²) in [5, 5.41) is 0. The molecule has 0 bridgehead atoms. The van der Waals surface area contributed by atoms with Crippen LogP contribution in [0, 0.1) is 6.92 Å². The third-order valence-electron chi connectivity index (χ3n) is 3.60. The number of pyridine rings is 1. The Balaban J connectivity index is 2.28. The van der Waals surface area contributed by atoms with Crippen molar-refractivity contribution in [1.29, 1.82) is 0 Å². The summed E-state index contributed by atoms with van der Waals surface area (Å²) in [6, 6.07) is 2.72. The Morgan fingerprint density at radius 3 is 2.89 bits per heavy atom. The molecule has 1 saturated heterocycles. The van der Waals surface area contributed by atoms with E-state index < -0.39 is 0 Å². The minimum absolute atomic E-state index is 0.559. The molecule has 0 aromatic carbocycles.